The molecule has 1 aromatic carbocycles. The summed E-state index contributed by atoms with van der Waals surface area (Å²) in [5.41, 5.74) is 1.67. The number of nitrogens with zero attached hydrogens (tertiary/aromatic N) is 4. The number of aliphatic hydroxyl groups excluding tert-OH is 1. The number of nitrogens with one attached hydrogen (secondary N) is 4. The lowest BCUT2D eigenvalue weighted by Gasteiger charge is -2.28. The third-order valence-electron chi connectivity index (χ3n) is 4.75. The highest BCUT2D eigenvalue weighted by Crippen LogP contribution is 2.23. The van der Waals surface area contributed by atoms with Crippen molar-refractivity contribution in [1.82, 2.24) is 30.6 Å². The molecule has 3 unspecified atom stereocenters. The number of hydrogen-bond donors (Lipinski definition) is 5. The van der Waals surface area contributed by atoms with Crippen LogP contribution in [0.4, 0.5) is 22.0 Å². The second kappa shape index (κ2) is 9.08. The van der Waals surface area contributed by atoms with Crippen LogP contribution in [0.15, 0.2) is 48.9 Å². The van der Waals surface area contributed by atoms with Crippen molar-refractivity contribution in [3.63, 3.8) is 0 Å². The molecular weight excluding hydrogens is 387 g/mol. The van der Waals surface area contributed by atoms with Gasteiger partial charge in [0, 0.05) is 31.5 Å². The second-order valence-electron chi connectivity index (χ2n) is 7.02. The minimum atomic E-state index is -0.587. The lowest BCUT2D eigenvalue weighted by Crippen LogP contribution is -2.50. The molecule has 0 radical (unpaired) electrons. The van der Waals surface area contributed by atoms with Gasteiger partial charge in [0.1, 0.15) is 23.7 Å². The zero-order chi connectivity index (χ0) is 20.9. The summed E-state index contributed by atoms with van der Waals surface area (Å²) in [4.78, 5) is 17.5. The molecule has 2 aromatic heterocycles. The van der Waals surface area contributed by atoms with Crippen molar-refractivity contribution in [1.29, 1.82) is 0 Å². The first-order chi connectivity index (χ1) is 14.6. The molecule has 0 aliphatic carbocycles. The number of hydrogen-bond acceptors (Lipinski definition) is 9. The van der Waals surface area contributed by atoms with Crippen molar-refractivity contribution >= 4 is 17.6 Å². The van der Waals surface area contributed by atoms with E-state index in [-0.39, 0.29) is 17.9 Å². The molecule has 1 saturated heterocycles. The molecular formula is C20H23FN8O. The van der Waals surface area contributed by atoms with Crippen LogP contribution >= 0.6 is 0 Å². The van der Waals surface area contributed by atoms with Crippen LogP contribution in [0, 0.1) is 5.82 Å². The molecule has 0 amide bonds. The van der Waals surface area contributed by atoms with Gasteiger partial charge in [0.05, 0.1) is 24.0 Å². The normalized spacial score (nSPS) is 19.8. The molecule has 3 heterocycles. The van der Waals surface area contributed by atoms with E-state index in [9.17, 15) is 9.50 Å². The number of halogens is 1. The van der Waals surface area contributed by atoms with Crippen molar-refractivity contribution in [2.45, 2.75) is 25.2 Å². The Morgan fingerprint density at radius 2 is 1.93 bits per heavy atom. The molecule has 0 spiro atoms. The van der Waals surface area contributed by atoms with E-state index in [1.54, 1.807) is 30.7 Å². The van der Waals surface area contributed by atoms with Gasteiger partial charge in [0.25, 0.3) is 0 Å². The summed E-state index contributed by atoms with van der Waals surface area (Å²) in [5.74, 6) is 1.26. The van der Waals surface area contributed by atoms with Gasteiger partial charge in [0.15, 0.2) is 0 Å². The Hall–Kier alpha value is -3.21. The standard InChI is InChI=1S/C20H23FN8O/c1-12(13-2-4-14(21)5-3-13)26-20-27-15(16-9-25-19(30)11-24-16)8-17(29-20)28-18-10-22-6-7-23-18/h2-8,10,12,16,19,24-25,30H,9,11H2,1H3,(H2,23,26,27,28,29). The summed E-state index contributed by atoms with van der Waals surface area (Å²) in [5, 5.41) is 22.4. The van der Waals surface area contributed by atoms with Crippen molar-refractivity contribution < 1.29 is 9.50 Å². The predicted molar refractivity (Wildman–Crippen MR) is 111 cm³/mol. The minimum Gasteiger partial charge on any atom is -0.377 e. The molecule has 3 atom stereocenters. The van der Waals surface area contributed by atoms with Gasteiger partial charge in [-0.3, -0.25) is 10.3 Å². The van der Waals surface area contributed by atoms with E-state index in [0.29, 0.717) is 30.7 Å². The number of aliphatic hydroxyl groups is 1. The molecule has 0 bridgehead atoms. The number of anilines is 3. The summed E-state index contributed by atoms with van der Waals surface area (Å²) in [7, 11) is 0. The van der Waals surface area contributed by atoms with Crippen LogP contribution in [-0.4, -0.2) is 44.4 Å². The SMILES string of the molecule is CC(Nc1nc(Nc2cnccn2)cc(C2CNC(O)CN2)n1)c1ccc(F)cc1. The highest BCUT2D eigenvalue weighted by Gasteiger charge is 2.22. The number of piperazine rings is 1. The van der Waals surface area contributed by atoms with Gasteiger partial charge < -0.3 is 21.1 Å². The van der Waals surface area contributed by atoms with E-state index in [4.69, 9.17) is 0 Å². The average Bonchev–Trinajstić information content (AvgIpc) is 2.75. The van der Waals surface area contributed by atoms with Crippen LogP contribution < -0.4 is 21.3 Å². The number of β-amino-alcohol motifs (C(OH)–C–C–N with tert-alkyl or cyclic N) is 1. The number of rotatable bonds is 6. The van der Waals surface area contributed by atoms with Gasteiger partial charge in [-0.2, -0.15) is 4.98 Å². The highest BCUT2D eigenvalue weighted by molar-refractivity contribution is 5.53. The lowest BCUT2D eigenvalue weighted by molar-refractivity contribution is 0.105. The Kier molecular flexibility index (Phi) is 6.07. The molecule has 3 aromatic rings. The van der Waals surface area contributed by atoms with Crippen LogP contribution in [0.5, 0.6) is 0 Å². The molecule has 156 valence electrons. The smallest absolute Gasteiger partial charge is 0.225 e. The lowest BCUT2D eigenvalue weighted by atomic mass is 10.1. The van der Waals surface area contributed by atoms with Gasteiger partial charge in [0.2, 0.25) is 5.95 Å². The average molecular weight is 410 g/mol. The fourth-order valence-corrected chi connectivity index (χ4v) is 3.16. The largest absolute Gasteiger partial charge is 0.377 e. The highest BCUT2D eigenvalue weighted by atomic mass is 19.1. The maximum absolute atomic E-state index is 13.2. The Labute approximate surface area is 173 Å². The van der Waals surface area contributed by atoms with Crippen LogP contribution in [-0.2, 0) is 0 Å². The Balaban J connectivity index is 1.59. The molecule has 1 aliphatic rings. The Bertz CT molecular complexity index is 964. The molecule has 1 aliphatic heterocycles. The van der Waals surface area contributed by atoms with Crippen LogP contribution in [0.25, 0.3) is 0 Å². The monoisotopic (exact) mass is 410 g/mol. The van der Waals surface area contributed by atoms with Crippen molar-refractivity contribution in [2.75, 3.05) is 23.7 Å². The van der Waals surface area contributed by atoms with Crippen molar-refractivity contribution in [3.05, 3.63) is 66.0 Å². The van der Waals surface area contributed by atoms with Crippen molar-refractivity contribution in [2.24, 2.45) is 0 Å². The fourth-order valence-electron chi connectivity index (χ4n) is 3.16. The summed E-state index contributed by atoms with van der Waals surface area (Å²) in [6.45, 7) is 2.89. The maximum Gasteiger partial charge on any atom is 0.225 e. The van der Waals surface area contributed by atoms with E-state index in [1.807, 2.05) is 13.0 Å². The first-order valence-electron chi connectivity index (χ1n) is 9.65. The Morgan fingerprint density at radius 1 is 1.10 bits per heavy atom. The maximum atomic E-state index is 13.2. The van der Waals surface area contributed by atoms with Gasteiger partial charge in [-0.25, -0.2) is 14.4 Å². The van der Waals surface area contributed by atoms with Crippen molar-refractivity contribution in [3.8, 4) is 0 Å². The van der Waals surface area contributed by atoms with Gasteiger partial charge in [-0.15, -0.1) is 0 Å². The summed E-state index contributed by atoms with van der Waals surface area (Å²) < 4.78 is 13.2. The molecule has 9 nitrogen and oxygen atoms in total. The van der Waals surface area contributed by atoms with Crippen LogP contribution in [0.1, 0.15) is 30.3 Å². The second-order valence-corrected chi connectivity index (χ2v) is 7.02. The van der Waals surface area contributed by atoms with E-state index in [0.717, 1.165) is 11.3 Å². The zero-order valence-corrected chi connectivity index (χ0v) is 16.4. The molecule has 4 rings (SSSR count). The molecule has 5 N–H and O–H groups in total. The third-order valence-corrected chi connectivity index (χ3v) is 4.75. The first kappa shape index (κ1) is 20.1. The van der Waals surface area contributed by atoms with E-state index in [2.05, 4.69) is 41.2 Å². The van der Waals surface area contributed by atoms with Gasteiger partial charge >= 0.3 is 0 Å². The topological polar surface area (TPSA) is 120 Å². The summed E-state index contributed by atoms with van der Waals surface area (Å²) in [6, 6.07) is 7.90. The molecule has 10 heteroatoms. The molecule has 1 fully saturated rings. The predicted octanol–water partition coefficient (Wildman–Crippen LogP) is 1.87. The quantitative estimate of drug-likeness (QED) is 0.415. The first-order valence-corrected chi connectivity index (χ1v) is 9.65. The van der Waals surface area contributed by atoms with E-state index < -0.39 is 6.23 Å². The van der Waals surface area contributed by atoms with Gasteiger partial charge in [-0.1, -0.05) is 12.1 Å². The fraction of sp³-hybridized carbons (Fsp3) is 0.300. The molecule has 30 heavy (non-hydrogen) atoms. The minimum absolute atomic E-state index is 0.0968. The summed E-state index contributed by atoms with van der Waals surface area (Å²) >= 11 is 0. The van der Waals surface area contributed by atoms with Gasteiger partial charge in [-0.05, 0) is 24.6 Å². The molecule has 0 saturated carbocycles. The Morgan fingerprint density at radius 3 is 2.63 bits per heavy atom. The van der Waals surface area contributed by atoms with E-state index in [1.165, 1.54) is 12.1 Å². The van der Waals surface area contributed by atoms with E-state index >= 15 is 0 Å². The summed E-state index contributed by atoms with van der Waals surface area (Å²) in [6.07, 6.45) is 4.20. The third kappa shape index (κ3) is 5.03. The zero-order valence-electron chi connectivity index (χ0n) is 16.4. The number of aromatic nitrogens is 4. The number of benzene rings is 1. The van der Waals surface area contributed by atoms with Crippen LogP contribution in [0.3, 0.4) is 0 Å². The van der Waals surface area contributed by atoms with Crippen LogP contribution in [0.2, 0.25) is 0 Å².